The molecule has 1 heterocycles. The third-order valence-corrected chi connectivity index (χ3v) is 7.37. The van der Waals surface area contributed by atoms with Gasteiger partial charge in [0, 0.05) is 19.1 Å². The second kappa shape index (κ2) is 7.59. The first-order valence-electron chi connectivity index (χ1n) is 9.74. The predicted molar refractivity (Wildman–Crippen MR) is 107 cm³/mol. The van der Waals surface area contributed by atoms with Crippen LogP contribution in [0, 0.1) is 23.1 Å². The maximum absolute atomic E-state index is 13.4. The first kappa shape index (κ1) is 21.0. The van der Waals surface area contributed by atoms with Crippen LogP contribution in [0.3, 0.4) is 0 Å². The molecule has 0 bridgehead atoms. The zero-order valence-electron chi connectivity index (χ0n) is 16.9. The number of likely N-dealkylation sites (tertiary alicyclic amines) is 1. The van der Waals surface area contributed by atoms with Crippen molar-refractivity contribution in [3.63, 3.8) is 0 Å². The minimum atomic E-state index is -3.82. The lowest BCUT2D eigenvalue weighted by Crippen LogP contribution is -2.50. The van der Waals surface area contributed by atoms with E-state index in [1.54, 1.807) is 4.90 Å². The minimum absolute atomic E-state index is 0.0547. The van der Waals surface area contributed by atoms with Crippen LogP contribution in [0.4, 0.5) is 4.39 Å². The number of carbonyl (C=O) groups is 1. The van der Waals surface area contributed by atoms with E-state index in [2.05, 4.69) is 24.6 Å². The van der Waals surface area contributed by atoms with Gasteiger partial charge in [-0.25, -0.2) is 17.5 Å². The molecule has 3 rings (SSSR count). The van der Waals surface area contributed by atoms with E-state index in [-0.39, 0.29) is 34.1 Å². The van der Waals surface area contributed by atoms with Crippen molar-refractivity contribution in [2.45, 2.75) is 51.5 Å². The van der Waals surface area contributed by atoms with Crippen molar-refractivity contribution >= 4 is 15.9 Å². The van der Waals surface area contributed by atoms with E-state index in [0.717, 1.165) is 12.5 Å². The van der Waals surface area contributed by atoms with E-state index in [1.165, 1.54) is 23.8 Å². The Morgan fingerprint density at radius 2 is 2.04 bits per heavy atom. The van der Waals surface area contributed by atoms with E-state index in [4.69, 9.17) is 0 Å². The monoisotopic (exact) mass is 408 g/mol. The summed E-state index contributed by atoms with van der Waals surface area (Å²) in [6.45, 7) is 9.27. The summed E-state index contributed by atoms with van der Waals surface area (Å²) in [5.74, 6) is -0.318. The molecule has 1 saturated heterocycles. The Kier molecular flexibility index (Phi) is 5.69. The van der Waals surface area contributed by atoms with E-state index in [0.29, 0.717) is 19.5 Å². The molecule has 1 aliphatic heterocycles. The molecule has 0 spiro atoms. The Labute approximate surface area is 167 Å². The Hall–Kier alpha value is -1.73. The van der Waals surface area contributed by atoms with Crippen molar-refractivity contribution in [3.8, 4) is 0 Å². The summed E-state index contributed by atoms with van der Waals surface area (Å²) >= 11 is 0. The van der Waals surface area contributed by atoms with Crippen LogP contribution in [0.25, 0.3) is 0 Å². The largest absolute Gasteiger partial charge is 0.341 e. The number of nitrogens with one attached hydrogen (secondary N) is 1. The second-order valence-corrected chi connectivity index (χ2v) is 10.5. The van der Waals surface area contributed by atoms with Gasteiger partial charge in [-0.15, -0.1) is 0 Å². The highest BCUT2D eigenvalue weighted by molar-refractivity contribution is 7.89. The fourth-order valence-corrected chi connectivity index (χ4v) is 5.50. The average Bonchev–Trinajstić information content (AvgIpc) is 3.13. The van der Waals surface area contributed by atoms with Gasteiger partial charge in [-0.3, -0.25) is 4.79 Å². The van der Waals surface area contributed by atoms with Crippen molar-refractivity contribution in [3.05, 3.63) is 41.7 Å². The first-order valence-corrected chi connectivity index (χ1v) is 11.2. The van der Waals surface area contributed by atoms with Gasteiger partial charge in [0.05, 0.1) is 10.8 Å². The van der Waals surface area contributed by atoms with Crippen LogP contribution in [0.2, 0.25) is 0 Å². The molecule has 154 valence electrons. The Bertz CT molecular complexity index is 891. The summed E-state index contributed by atoms with van der Waals surface area (Å²) < 4.78 is 41.2. The topological polar surface area (TPSA) is 66.5 Å². The first-order chi connectivity index (χ1) is 13.0. The summed E-state index contributed by atoms with van der Waals surface area (Å²) in [6, 6.07) is 4.59. The molecule has 3 atom stereocenters. The summed E-state index contributed by atoms with van der Waals surface area (Å²) in [5.41, 5.74) is 1.13. The summed E-state index contributed by atoms with van der Waals surface area (Å²) in [6.07, 6.45) is 3.56. The molecule has 1 saturated carbocycles. The smallest absolute Gasteiger partial charge is 0.240 e. The summed E-state index contributed by atoms with van der Waals surface area (Å²) in [5, 5.41) is 0. The molecule has 28 heavy (non-hydrogen) atoms. The molecule has 1 N–H and O–H groups in total. The van der Waals surface area contributed by atoms with Gasteiger partial charge in [-0.2, -0.15) is 0 Å². The van der Waals surface area contributed by atoms with Crippen LogP contribution in [-0.2, 0) is 14.8 Å². The Morgan fingerprint density at radius 1 is 1.32 bits per heavy atom. The van der Waals surface area contributed by atoms with E-state index in [1.807, 2.05) is 13.8 Å². The lowest BCUT2D eigenvalue weighted by molar-refractivity contribution is -0.134. The maximum atomic E-state index is 13.4. The highest BCUT2D eigenvalue weighted by Gasteiger charge is 2.61. The number of allylic oxidation sites excluding steroid dienone is 2. The molecule has 7 heteroatoms. The minimum Gasteiger partial charge on any atom is -0.341 e. The molecule has 1 amide bonds. The molecule has 3 unspecified atom stereocenters. The van der Waals surface area contributed by atoms with Gasteiger partial charge in [-0.1, -0.05) is 31.6 Å². The van der Waals surface area contributed by atoms with E-state index in [9.17, 15) is 17.6 Å². The highest BCUT2D eigenvalue weighted by atomic mass is 32.2. The molecule has 5 nitrogen and oxygen atoms in total. The van der Waals surface area contributed by atoms with Gasteiger partial charge in [0.1, 0.15) is 5.82 Å². The third-order valence-electron chi connectivity index (χ3n) is 5.85. The lowest BCUT2D eigenvalue weighted by atomic mass is 10.0. The molecule has 1 aromatic rings. The van der Waals surface area contributed by atoms with Gasteiger partial charge in [0.25, 0.3) is 0 Å². The summed E-state index contributed by atoms with van der Waals surface area (Å²) in [4.78, 5) is 14.8. The number of benzene rings is 1. The zero-order valence-corrected chi connectivity index (χ0v) is 17.7. The number of carbonyl (C=O) groups excluding carboxylic acids is 1. The fraction of sp³-hybridized carbons (Fsp3) is 0.571. The van der Waals surface area contributed by atoms with Gasteiger partial charge >= 0.3 is 0 Å². The van der Waals surface area contributed by atoms with Crippen molar-refractivity contribution in [2.24, 2.45) is 17.3 Å². The predicted octanol–water partition coefficient (Wildman–Crippen LogP) is 3.33. The van der Waals surface area contributed by atoms with Crippen LogP contribution in [-0.4, -0.2) is 38.4 Å². The number of amides is 1. The molecular formula is C21H29FN2O3S. The quantitative estimate of drug-likeness (QED) is 0.760. The van der Waals surface area contributed by atoms with Gasteiger partial charge in [-0.05, 0) is 56.2 Å². The van der Waals surface area contributed by atoms with Crippen molar-refractivity contribution in [2.75, 3.05) is 13.1 Å². The van der Waals surface area contributed by atoms with Gasteiger partial charge in [0.2, 0.25) is 15.9 Å². The van der Waals surface area contributed by atoms with Crippen molar-refractivity contribution in [1.29, 1.82) is 0 Å². The number of hydrogen-bond acceptors (Lipinski definition) is 3. The number of rotatable bonds is 5. The SMILES string of the molecule is CC(C)=CC1C(C(=O)N2CCCC(NS(=O)(=O)c3cccc(F)c3)C2)C1(C)C. The van der Waals surface area contributed by atoms with Crippen LogP contribution in [0.15, 0.2) is 40.8 Å². The molecule has 1 aliphatic carbocycles. The van der Waals surface area contributed by atoms with E-state index >= 15 is 0 Å². The van der Waals surface area contributed by atoms with E-state index < -0.39 is 15.8 Å². The molecule has 2 aliphatic rings. The Balaban J connectivity index is 1.68. The Morgan fingerprint density at radius 3 is 2.68 bits per heavy atom. The fourth-order valence-electron chi connectivity index (χ4n) is 4.21. The van der Waals surface area contributed by atoms with Crippen LogP contribution in [0.1, 0.15) is 40.5 Å². The molecule has 0 aromatic heterocycles. The van der Waals surface area contributed by atoms with Crippen LogP contribution >= 0.6 is 0 Å². The molecule has 1 aromatic carbocycles. The maximum Gasteiger partial charge on any atom is 0.240 e. The molecular weight excluding hydrogens is 379 g/mol. The third kappa shape index (κ3) is 4.30. The number of sulfonamides is 1. The van der Waals surface area contributed by atoms with Crippen LogP contribution in [0.5, 0.6) is 0 Å². The number of piperidine rings is 1. The molecule has 0 radical (unpaired) electrons. The molecule has 2 fully saturated rings. The standard InChI is InChI=1S/C21H29FN2O3S/c1-14(2)11-18-19(21(18,3)4)20(25)24-10-6-8-16(13-24)23-28(26,27)17-9-5-7-15(22)12-17/h5,7,9,11-12,16,18-19,23H,6,8,10,13H2,1-4H3. The normalized spacial score (nSPS) is 26.6. The number of hydrogen-bond donors (Lipinski definition) is 1. The lowest BCUT2D eigenvalue weighted by Gasteiger charge is -2.33. The highest BCUT2D eigenvalue weighted by Crippen LogP contribution is 2.60. The van der Waals surface area contributed by atoms with Crippen LogP contribution < -0.4 is 4.72 Å². The summed E-state index contributed by atoms with van der Waals surface area (Å²) in [7, 11) is -3.82. The van der Waals surface area contributed by atoms with Gasteiger partial charge < -0.3 is 4.90 Å². The van der Waals surface area contributed by atoms with Crippen molar-refractivity contribution < 1.29 is 17.6 Å². The zero-order chi connectivity index (χ0) is 20.7. The second-order valence-electron chi connectivity index (χ2n) is 8.77. The number of nitrogens with zero attached hydrogens (tertiary/aromatic N) is 1. The van der Waals surface area contributed by atoms with Gasteiger partial charge in [0.15, 0.2) is 0 Å². The van der Waals surface area contributed by atoms with Crippen molar-refractivity contribution in [1.82, 2.24) is 9.62 Å². The average molecular weight is 409 g/mol. The number of halogens is 1.